The van der Waals surface area contributed by atoms with Gasteiger partial charge in [-0.1, -0.05) is 54.2 Å². The number of benzene rings is 2. The first-order chi connectivity index (χ1) is 16.6. The van der Waals surface area contributed by atoms with E-state index in [0.717, 1.165) is 0 Å². The first-order valence-electron chi connectivity index (χ1n) is 10.7. The maximum Gasteiger partial charge on any atom is 0.255 e. The van der Waals surface area contributed by atoms with Crippen molar-refractivity contribution in [1.82, 2.24) is 19.7 Å². The quantitative estimate of drug-likeness (QED) is 0.383. The molecule has 1 unspecified atom stereocenters. The zero-order valence-electron chi connectivity index (χ0n) is 18.3. The number of hydrogen-bond donors (Lipinski definition) is 2. The lowest BCUT2D eigenvalue weighted by Crippen LogP contribution is -2.32. The van der Waals surface area contributed by atoms with Gasteiger partial charge in [-0.25, -0.2) is 9.07 Å². The molecule has 34 heavy (non-hydrogen) atoms. The normalized spacial score (nSPS) is 14.9. The molecule has 2 aromatic carbocycles. The number of thioether (sulfide) groups is 1. The average Bonchev–Trinajstić information content (AvgIpc) is 3.26. The molecule has 2 aromatic heterocycles. The van der Waals surface area contributed by atoms with Crippen LogP contribution in [0.25, 0.3) is 0 Å². The fourth-order valence-corrected chi connectivity index (χ4v) is 4.59. The van der Waals surface area contributed by atoms with E-state index in [1.807, 2.05) is 55.5 Å². The van der Waals surface area contributed by atoms with Crippen molar-refractivity contribution in [3.63, 3.8) is 0 Å². The van der Waals surface area contributed by atoms with Gasteiger partial charge in [0.25, 0.3) is 5.91 Å². The topological polar surface area (TPSA) is 84.7 Å². The number of pyridine rings is 1. The molecule has 0 spiro atoms. The standard InChI is InChI=1S/C25H21FN6OS/c1-16-21(23(33)29-18-10-3-2-4-11-18)22(20-13-7-8-14-27-20)32-24(28-16)30-25(31-32)34-15-17-9-5-6-12-19(17)26/h2-14,22H,15H2,1H3,(H,29,33)(H,28,30,31). The summed E-state index contributed by atoms with van der Waals surface area (Å²) in [5.41, 5.74) is 3.09. The third kappa shape index (κ3) is 4.42. The van der Waals surface area contributed by atoms with E-state index >= 15 is 0 Å². The maximum atomic E-state index is 14.0. The largest absolute Gasteiger partial charge is 0.328 e. The van der Waals surface area contributed by atoms with E-state index in [-0.39, 0.29) is 11.7 Å². The van der Waals surface area contributed by atoms with Crippen LogP contribution in [0, 0.1) is 5.82 Å². The Hall–Kier alpha value is -3.98. The van der Waals surface area contributed by atoms with Gasteiger partial charge >= 0.3 is 0 Å². The number of fused-ring (bicyclic) bond motifs is 1. The van der Waals surface area contributed by atoms with Gasteiger partial charge in [0, 0.05) is 23.3 Å². The minimum Gasteiger partial charge on any atom is -0.328 e. The van der Waals surface area contributed by atoms with Crippen LogP contribution < -0.4 is 10.6 Å². The molecule has 0 saturated heterocycles. The van der Waals surface area contributed by atoms with Crippen molar-refractivity contribution in [2.24, 2.45) is 0 Å². The SMILES string of the molecule is CC1=C(C(=O)Nc2ccccc2)C(c2ccccn2)n2nc(SCc3ccccc3F)nc2N1. The number of carbonyl (C=O) groups is 1. The van der Waals surface area contributed by atoms with Crippen LogP contribution in [0.4, 0.5) is 16.0 Å². The van der Waals surface area contributed by atoms with E-state index in [0.29, 0.717) is 45.1 Å². The Bertz CT molecular complexity index is 1360. The fraction of sp³-hybridized carbons (Fsp3) is 0.120. The Morgan fingerprint density at radius 2 is 1.85 bits per heavy atom. The summed E-state index contributed by atoms with van der Waals surface area (Å²) in [4.78, 5) is 22.5. The second-order valence-electron chi connectivity index (χ2n) is 7.68. The smallest absolute Gasteiger partial charge is 0.255 e. The summed E-state index contributed by atoms with van der Waals surface area (Å²) >= 11 is 1.33. The van der Waals surface area contributed by atoms with Crippen molar-refractivity contribution in [2.75, 3.05) is 10.6 Å². The van der Waals surface area contributed by atoms with Gasteiger partial charge in [0.1, 0.15) is 11.9 Å². The third-order valence-corrected chi connectivity index (χ3v) is 6.28. The van der Waals surface area contributed by atoms with E-state index < -0.39 is 6.04 Å². The summed E-state index contributed by atoms with van der Waals surface area (Å²) in [5.74, 6) is 0.368. The zero-order chi connectivity index (χ0) is 23.5. The predicted octanol–water partition coefficient (Wildman–Crippen LogP) is 5.03. The molecular weight excluding hydrogens is 451 g/mol. The summed E-state index contributed by atoms with van der Waals surface area (Å²) < 4.78 is 15.7. The minimum atomic E-state index is -0.573. The number of carbonyl (C=O) groups excluding carboxylic acids is 1. The van der Waals surface area contributed by atoms with Crippen LogP contribution in [0.5, 0.6) is 0 Å². The number of anilines is 2. The highest BCUT2D eigenvalue weighted by molar-refractivity contribution is 7.98. The first kappa shape index (κ1) is 21.8. The van der Waals surface area contributed by atoms with Crippen LogP contribution in [0.2, 0.25) is 0 Å². The van der Waals surface area contributed by atoms with Gasteiger partial charge in [-0.2, -0.15) is 4.98 Å². The molecule has 1 aliphatic heterocycles. The third-order valence-electron chi connectivity index (χ3n) is 5.39. The molecule has 0 bridgehead atoms. The van der Waals surface area contributed by atoms with Gasteiger partial charge in [0.15, 0.2) is 0 Å². The summed E-state index contributed by atoms with van der Waals surface area (Å²) in [6, 6.07) is 20.9. The van der Waals surface area contributed by atoms with Gasteiger partial charge in [-0.3, -0.25) is 9.78 Å². The van der Waals surface area contributed by atoms with E-state index in [1.54, 1.807) is 29.1 Å². The lowest BCUT2D eigenvalue weighted by Gasteiger charge is -2.27. The molecule has 0 fully saturated rings. The molecule has 3 heterocycles. The summed E-state index contributed by atoms with van der Waals surface area (Å²) in [7, 11) is 0. The van der Waals surface area contributed by atoms with Gasteiger partial charge < -0.3 is 10.6 Å². The van der Waals surface area contributed by atoms with Crippen molar-refractivity contribution in [3.05, 3.63) is 107 Å². The van der Waals surface area contributed by atoms with Gasteiger partial charge in [-0.05, 0) is 42.8 Å². The molecule has 7 nitrogen and oxygen atoms in total. The highest BCUT2D eigenvalue weighted by Gasteiger charge is 2.35. The Morgan fingerprint density at radius 1 is 1.09 bits per heavy atom. The molecule has 5 rings (SSSR count). The van der Waals surface area contributed by atoms with Crippen LogP contribution in [-0.4, -0.2) is 25.7 Å². The van der Waals surface area contributed by atoms with Crippen molar-refractivity contribution < 1.29 is 9.18 Å². The number of amides is 1. The molecular formula is C25H21FN6OS. The van der Waals surface area contributed by atoms with Crippen molar-refractivity contribution in [3.8, 4) is 0 Å². The van der Waals surface area contributed by atoms with E-state index in [1.165, 1.54) is 17.8 Å². The molecule has 0 saturated carbocycles. The molecule has 1 atom stereocenters. The van der Waals surface area contributed by atoms with Crippen LogP contribution in [0.15, 0.2) is 95.4 Å². The number of nitrogens with one attached hydrogen (secondary N) is 2. The Kier molecular flexibility index (Phi) is 6.09. The second kappa shape index (κ2) is 9.48. The number of allylic oxidation sites excluding steroid dienone is 1. The van der Waals surface area contributed by atoms with Crippen molar-refractivity contribution in [1.29, 1.82) is 0 Å². The maximum absolute atomic E-state index is 14.0. The fourth-order valence-electron chi connectivity index (χ4n) is 3.78. The van der Waals surface area contributed by atoms with E-state index in [4.69, 9.17) is 0 Å². The molecule has 170 valence electrons. The number of nitrogens with zero attached hydrogens (tertiary/aromatic N) is 4. The minimum absolute atomic E-state index is 0.256. The molecule has 9 heteroatoms. The van der Waals surface area contributed by atoms with Gasteiger partial charge in [-0.15, -0.1) is 5.10 Å². The Morgan fingerprint density at radius 3 is 2.62 bits per heavy atom. The van der Waals surface area contributed by atoms with Crippen LogP contribution in [0.1, 0.15) is 24.2 Å². The molecule has 1 aliphatic rings. The van der Waals surface area contributed by atoms with Crippen molar-refractivity contribution in [2.45, 2.75) is 23.9 Å². The van der Waals surface area contributed by atoms with Crippen LogP contribution in [0.3, 0.4) is 0 Å². The second-order valence-corrected chi connectivity index (χ2v) is 8.63. The highest BCUT2D eigenvalue weighted by Crippen LogP contribution is 2.36. The Balaban J connectivity index is 1.48. The molecule has 0 radical (unpaired) electrons. The number of hydrogen-bond acceptors (Lipinski definition) is 6. The number of halogens is 1. The molecule has 1 amide bonds. The van der Waals surface area contributed by atoms with E-state index in [9.17, 15) is 9.18 Å². The van der Waals surface area contributed by atoms with Gasteiger partial charge in [0.2, 0.25) is 11.1 Å². The summed E-state index contributed by atoms with van der Waals surface area (Å²) in [5, 5.41) is 11.3. The number of rotatable bonds is 6. The highest BCUT2D eigenvalue weighted by atomic mass is 32.2. The first-order valence-corrected chi connectivity index (χ1v) is 11.7. The lowest BCUT2D eigenvalue weighted by atomic mass is 9.98. The number of aromatic nitrogens is 4. The Labute approximate surface area is 200 Å². The lowest BCUT2D eigenvalue weighted by molar-refractivity contribution is -0.113. The monoisotopic (exact) mass is 472 g/mol. The van der Waals surface area contributed by atoms with E-state index in [2.05, 4.69) is 25.7 Å². The molecule has 4 aromatic rings. The summed E-state index contributed by atoms with van der Waals surface area (Å²) in [6.07, 6.45) is 1.68. The van der Waals surface area contributed by atoms with Crippen molar-refractivity contribution >= 4 is 29.3 Å². The zero-order valence-corrected chi connectivity index (χ0v) is 19.1. The van der Waals surface area contributed by atoms with Crippen LogP contribution >= 0.6 is 11.8 Å². The predicted molar refractivity (Wildman–Crippen MR) is 130 cm³/mol. The number of para-hydroxylation sites is 1. The molecule has 2 N–H and O–H groups in total. The summed E-state index contributed by atoms with van der Waals surface area (Å²) in [6.45, 7) is 1.83. The van der Waals surface area contributed by atoms with Gasteiger partial charge in [0.05, 0.1) is 11.3 Å². The average molecular weight is 473 g/mol. The van der Waals surface area contributed by atoms with Crippen LogP contribution in [-0.2, 0) is 10.5 Å². The molecule has 0 aliphatic carbocycles.